The van der Waals surface area contributed by atoms with Crippen LogP contribution in [0.5, 0.6) is 23.0 Å². The number of hydrogen-bond donors (Lipinski definition) is 0. The van der Waals surface area contributed by atoms with Gasteiger partial charge in [0.15, 0.2) is 0 Å². The van der Waals surface area contributed by atoms with E-state index in [0.29, 0.717) is 74.4 Å². The number of benzene rings is 4. The van der Waals surface area contributed by atoms with Crippen molar-refractivity contribution in [2.24, 2.45) is 23.7 Å². The lowest BCUT2D eigenvalue weighted by Crippen LogP contribution is -2.30. The number of aryl methyl sites for hydroxylation is 4. The summed E-state index contributed by atoms with van der Waals surface area (Å²) in [4.78, 5) is 50.1. The lowest BCUT2D eigenvalue weighted by atomic mass is 9.82. The molecule has 6 rings (SSSR count). The summed E-state index contributed by atoms with van der Waals surface area (Å²) in [6, 6.07) is 31.0. The van der Waals surface area contributed by atoms with Gasteiger partial charge in [0.1, 0.15) is 23.0 Å². The Bertz CT molecular complexity index is 1820. The molecule has 336 valence electrons. The Kier molecular flexibility index (Phi) is 19.8. The fourth-order valence-electron chi connectivity index (χ4n) is 8.12. The van der Waals surface area contributed by atoms with Gasteiger partial charge in [-0.05, 0) is 161 Å². The van der Waals surface area contributed by atoms with Crippen LogP contribution in [0.4, 0.5) is 0 Å². The van der Waals surface area contributed by atoms with Gasteiger partial charge in [0, 0.05) is 2.85 Å². The minimum atomic E-state index is -0.203. The highest BCUT2D eigenvalue weighted by Crippen LogP contribution is 2.33. The van der Waals surface area contributed by atoms with Crippen molar-refractivity contribution in [3.8, 4) is 23.0 Å². The molecule has 0 saturated heterocycles. The van der Waals surface area contributed by atoms with Crippen LogP contribution in [0.3, 0.4) is 0 Å². The van der Waals surface area contributed by atoms with Crippen LogP contribution in [-0.4, -0.2) is 23.9 Å². The highest BCUT2D eigenvalue weighted by atomic mass is 16.5. The Morgan fingerprint density at radius 1 is 0.371 bits per heavy atom. The van der Waals surface area contributed by atoms with E-state index in [1.807, 2.05) is 97.1 Å². The van der Waals surface area contributed by atoms with Crippen LogP contribution in [-0.2, 0) is 44.9 Å². The molecule has 0 bridgehead atoms. The molecule has 2 fully saturated rings. The van der Waals surface area contributed by atoms with E-state index in [2.05, 4.69) is 27.7 Å². The maximum atomic E-state index is 12.6. The van der Waals surface area contributed by atoms with Crippen LogP contribution in [0.15, 0.2) is 97.1 Å². The third-order valence-corrected chi connectivity index (χ3v) is 12.3. The number of hydrogen-bond acceptors (Lipinski definition) is 8. The molecule has 2 saturated carbocycles. The Morgan fingerprint density at radius 2 is 0.597 bits per heavy atom. The van der Waals surface area contributed by atoms with Crippen LogP contribution < -0.4 is 18.9 Å². The van der Waals surface area contributed by atoms with Crippen molar-refractivity contribution in [1.29, 1.82) is 0 Å². The summed E-state index contributed by atoms with van der Waals surface area (Å²) < 4.78 is 22.3. The van der Waals surface area contributed by atoms with Gasteiger partial charge in [-0.25, -0.2) is 0 Å². The summed E-state index contributed by atoms with van der Waals surface area (Å²) >= 11 is 0. The van der Waals surface area contributed by atoms with Gasteiger partial charge in [-0.2, -0.15) is 0 Å². The average molecular weight is 849 g/mol. The van der Waals surface area contributed by atoms with E-state index < -0.39 is 0 Å². The first-order valence-corrected chi connectivity index (χ1v) is 23.4. The molecule has 0 unspecified atom stereocenters. The molecule has 0 aromatic heterocycles. The van der Waals surface area contributed by atoms with Gasteiger partial charge in [-0.1, -0.05) is 102 Å². The van der Waals surface area contributed by atoms with Crippen LogP contribution in [0.1, 0.15) is 143 Å². The molecule has 0 radical (unpaired) electrons. The van der Waals surface area contributed by atoms with E-state index in [9.17, 15) is 19.2 Å². The number of rotatable bonds is 18. The molecule has 0 heterocycles. The molecule has 8 heteroatoms. The highest BCUT2D eigenvalue weighted by Gasteiger charge is 2.33. The van der Waals surface area contributed by atoms with Gasteiger partial charge in [-0.3, -0.25) is 19.2 Å². The van der Waals surface area contributed by atoms with Crippen LogP contribution >= 0.6 is 0 Å². The monoisotopic (exact) mass is 849 g/mol. The third kappa shape index (κ3) is 15.6. The summed E-state index contributed by atoms with van der Waals surface area (Å²) in [7, 11) is 0. The van der Waals surface area contributed by atoms with Crippen molar-refractivity contribution in [1.82, 2.24) is 0 Å². The highest BCUT2D eigenvalue weighted by molar-refractivity contribution is 5.79. The largest absolute Gasteiger partial charge is 0.426 e. The number of carbonyl (C=O) groups is 4. The summed E-state index contributed by atoms with van der Waals surface area (Å²) in [5.74, 6) is 0.959. The van der Waals surface area contributed by atoms with Gasteiger partial charge in [0.25, 0.3) is 0 Å². The van der Waals surface area contributed by atoms with Gasteiger partial charge in [0.05, 0.1) is 23.7 Å². The van der Waals surface area contributed by atoms with Crippen molar-refractivity contribution in [2.75, 3.05) is 0 Å². The molecule has 4 aromatic rings. The molecule has 62 heavy (non-hydrogen) atoms. The lowest BCUT2D eigenvalue weighted by molar-refractivity contribution is -0.145. The predicted octanol–water partition coefficient (Wildman–Crippen LogP) is 13.1. The Morgan fingerprint density at radius 3 is 0.806 bits per heavy atom. The maximum absolute atomic E-state index is 12.6. The van der Waals surface area contributed by atoms with Crippen LogP contribution in [0.25, 0.3) is 0 Å². The van der Waals surface area contributed by atoms with Gasteiger partial charge in [-0.15, -0.1) is 0 Å². The quantitative estimate of drug-likeness (QED) is 0.0554. The summed E-state index contributed by atoms with van der Waals surface area (Å²) in [5, 5.41) is 0. The maximum Gasteiger partial charge on any atom is 0.314 e. The molecule has 0 amide bonds. The second-order valence-corrected chi connectivity index (χ2v) is 17.0. The van der Waals surface area contributed by atoms with Crippen LogP contribution in [0, 0.1) is 23.7 Å². The molecule has 8 nitrogen and oxygen atoms in total. The Balaban J connectivity index is 0.000000335. The van der Waals surface area contributed by atoms with Crippen molar-refractivity contribution in [3.63, 3.8) is 0 Å². The molecule has 2 aliphatic carbocycles. The SMILES string of the molecule is CCCCCc1ccc(OC(=O)C2CCC(C(=O)Oc3ccc(CCCCC)cc3)CC2)cc1.CCc1ccc(OC(=O)C2CCC(C(=O)Oc3ccc(CC)cc3)CC2)cc1.[HH].[HH]. The molecule has 4 aromatic carbocycles. The van der Waals surface area contributed by atoms with Crippen molar-refractivity contribution >= 4 is 23.9 Å². The molecule has 0 atom stereocenters. The van der Waals surface area contributed by atoms with Crippen LogP contribution in [0.2, 0.25) is 0 Å². The Labute approximate surface area is 373 Å². The van der Waals surface area contributed by atoms with Crippen molar-refractivity contribution in [3.05, 3.63) is 119 Å². The molecule has 2 aliphatic rings. The van der Waals surface area contributed by atoms with Gasteiger partial charge >= 0.3 is 23.9 Å². The second-order valence-electron chi connectivity index (χ2n) is 17.0. The molecular weight excluding hydrogens is 777 g/mol. The third-order valence-electron chi connectivity index (χ3n) is 12.3. The number of carbonyl (C=O) groups excluding carboxylic acids is 4. The van der Waals surface area contributed by atoms with E-state index >= 15 is 0 Å². The minimum Gasteiger partial charge on any atom is -0.426 e. The normalized spacial score (nSPS) is 18.4. The van der Waals surface area contributed by atoms with E-state index in [-0.39, 0.29) is 50.4 Å². The van der Waals surface area contributed by atoms with E-state index in [1.165, 1.54) is 60.8 Å². The first-order valence-electron chi connectivity index (χ1n) is 23.4. The zero-order valence-electron chi connectivity index (χ0n) is 37.5. The predicted molar refractivity (Wildman–Crippen MR) is 249 cm³/mol. The van der Waals surface area contributed by atoms with Crippen molar-refractivity contribution in [2.45, 2.75) is 143 Å². The second kappa shape index (κ2) is 25.6. The minimum absolute atomic E-state index is 0. The number of ether oxygens (including phenoxy) is 4. The molecule has 0 aliphatic heterocycles. The zero-order valence-corrected chi connectivity index (χ0v) is 37.5. The van der Waals surface area contributed by atoms with Gasteiger partial charge < -0.3 is 18.9 Å². The van der Waals surface area contributed by atoms with E-state index in [0.717, 1.165) is 25.7 Å². The topological polar surface area (TPSA) is 105 Å². The Hall–Kier alpha value is -5.24. The van der Waals surface area contributed by atoms with Gasteiger partial charge in [0.2, 0.25) is 0 Å². The van der Waals surface area contributed by atoms with E-state index in [1.54, 1.807) is 0 Å². The summed E-state index contributed by atoms with van der Waals surface area (Å²) in [6.07, 6.45) is 16.5. The fourth-order valence-corrected chi connectivity index (χ4v) is 8.12. The molecule has 0 N–H and O–H groups in total. The average Bonchev–Trinajstić information content (AvgIpc) is 3.31. The first-order chi connectivity index (χ1) is 30.2. The molecule has 0 spiro atoms. The number of unbranched alkanes of at least 4 members (excludes halogenated alkanes) is 4. The van der Waals surface area contributed by atoms with Crippen molar-refractivity contribution < 1.29 is 41.0 Å². The summed E-state index contributed by atoms with van der Waals surface area (Å²) in [6.45, 7) is 8.58. The standard InChI is InChI=1S/C30H40O4.C24H28O4.2H2/c1-3-5-7-9-23-11-19-27(20-12-23)33-29(31)25-15-17-26(18-16-25)30(32)34-28-21-13-24(14-22-28)10-8-6-4-2;1-3-17-5-13-21(14-6-17)27-23(25)19-9-11-20(12-10-19)24(26)28-22-15-7-18(4-2)8-16-22;;/h11-14,19-22,25-26H,3-10,15-18H2,1-2H3;5-8,13-16,19-20H,3-4,9-12H2,1-2H3;2*1H. The smallest absolute Gasteiger partial charge is 0.314 e. The molecular formula is C54H72O8. The lowest BCUT2D eigenvalue weighted by Gasteiger charge is -2.25. The first kappa shape index (κ1) is 47.8. The fraction of sp³-hybridized carbons (Fsp3) is 0.481. The zero-order chi connectivity index (χ0) is 44.1. The van der Waals surface area contributed by atoms with E-state index in [4.69, 9.17) is 18.9 Å². The number of esters is 4. The summed E-state index contributed by atoms with van der Waals surface area (Å²) in [5.41, 5.74) is 4.98.